The van der Waals surface area contributed by atoms with Gasteiger partial charge in [0, 0.05) is 28.6 Å². The summed E-state index contributed by atoms with van der Waals surface area (Å²) in [5.74, 6) is -1.93. The van der Waals surface area contributed by atoms with Crippen LogP contribution in [0.2, 0.25) is 5.02 Å². The number of Topliss-reactive ketones (excluding diaryl/α,β-unsaturated/α-hetero) is 1. The number of hydrogen-bond donors (Lipinski definition) is 0. The van der Waals surface area contributed by atoms with Crippen molar-refractivity contribution in [2.75, 3.05) is 6.54 Å². The van der Waals surface area contributed by atoms with E-state index in [1.54, 1.807) is 6.92 Å². The van der Waals surface area contributed by atoms with Gasteiger partial charge in [-0.15, -0.1) is 0 Å². The summed E-state index contributed by atoms with van der Waals surface area (Å²) in [6.45, 7) is 3.25. The van der Waals surface area contributed by atoms with E-state index in [-0.39, 0.29) is 37.7 Å². The molecule has 1 aromatic carbocycles. The molecular weight excluding hydrogens is 384 g/mol. The molecule has 2 aromatic rings. The van der Waals surface area contributed by atoms with E-state index < -0.39 is 22.7 Å². The van der Waals surface area contributed by atoms with Crippen LogP contribution in [-0.2, 0) is 20.9 Å². The Morgan fingerprint density at radius 2 is 2.11 bits per heavy atom. The lowest BCUT2D eigenvalue weighted by molar-refractivity contribution is -0.490. The number of carbonyl (C=O) groups excluding carboxylic acids is 2. The predicted octanol–water partition coefficient (Wildman–Crippen LogP) is 3.75. The second-order valence-electron chi connectivity index (χ2n) is 7.31. The summed E-state index contributed by atoms with van der Waals surface area (Å²) in [7, 11) is 0. The number of rotatable bonds is 6. The first-order valence-electron chi connectivity index (χ1n) is 9.11. The average Bonchev–Trinajstić information content (AvgIpc) is 2.90. The number of carbonyl (C=O) groups is 2. The number of esters is 1. The van der Waals surface area contributed by atoms with Crippen LogP contribution in [0.25, 0.3) is 10.9 Å². The largest absolute Gasteiger partial charge is 0.459 e. The first-order valence-corrected chi connectivity index (χ1v) is 9.49. The Bertz CT molecular complexity index is 946. The topological polar surface area (TPSA) is 99.4 Å². The van der Waals surface area contributed by atoms with Gasteiger partial charge in [-0.2, -0.15) is 0 Å². The second-order valence-corrected chi connectivity index (χ2v) is 7.69. The van der Waals surface area contributed by atoms with Crippen molar-refractivity contribution in [3.05, 3.63) is 50.7 Å². The number of hydrogen-bond acceptors (Lipinski definition) is 6. The van der Waals surface area contributed by atoms with Gasteiger partial charge in [0.2, 0.25) is 6.54 Å². The molecule has 0 spiro atoms. The Morgan fingerprint density at radius 1 is 1.39 bits per heavy atom. The third-order valence-electron chi connectivity index (χ3n) is 5.45. The van der Waals surface area contributed by atoms with Gasteiger partial charge in [0.25, 0.3) is 0 Å². The van der Waals surface area contributed by atoms with Gasteiger partial charge < -0.3 is 4.74 Å². The molecule has 7 nitrogen and oxygen atoms in total. The fourth-order valence-corrected chi connectivity index (χ4v) is 4.10. The van der Waals surface area contributed by atoms with Gasteiger partial charge in [0.15, 0.2) is 0 Å². The summed E-state index contributed by atoms with van der Waals surface area (Å²) in [6, 6.07) is 7.53. The number of nitro groups is 1. The lowest BCUT2D eigenvalue weighted by Gasteiger charge is -2.17. The van der Waals surface area contributed by atoms with Crippen molar-refractivity contribution in [1.29, 1.82) is 0 Å². The molecular formula is C20H21ClN2O5. The fraction of sp³-hybridized carbons (Fsp3) is 0.450. The summed E-state index contributed by atoms with van der Waals surface area (Å²) < 4.78 is 5.30. The van der Waals surface area contributed by atoms with E-state index in [0.29, 0.717) is 10.7 Å². The Morgan fingerprint density at radius 3 is 2.82 bits per heavy atom. The molecule has 28 heavy (non-hydrogen) atoms. The second kappa shape index (κ2) is 8.22. The predicted molar refractivity (Wildman–Crippen MR) is 104 cm³/mol. The highest BCUT2D eigenvalue weighted by Crippen LogP contribution is 2.36. The zero-order valence-corrected chi connectivity index (χ0v) is 16.4. The molecule has 0 amide bonds. The number of benzene rings is 1. The zero-order chi connectivity index (χ0) is 20.4. The van der Waals surface area contributed by atoms with E-state index >= 15 is 0 Å². The Labute approximate surface area is 167 Å². The van der Waals surface area contributed by atoms with Gasteiger partial charge in [-0.1, -0.05) is 36.7 Å². The molecule has 0 aliphatic heterocycles. The van der Waals surface area contributed by atoms with Crippen LogP contribution in [0, 0.1) is 34.8 Å². The molecule has 3 atom stereocenters. The summed E-state index contributed by atoms with van der Waals surface area (Å²) in [5, 5.41) is 12.2. The third kappa shape index (κ3) is 4.14. The van der Waals surface area contributed by atoms with Crippen LogP contribution >= 0.6 is 11.6 Å². The van der Waals surface area contributed by atoms with Crippen LogP contribution in [0.3, 0.4) is 0 Å². The molecule has 1 aromatic heterocycles. The molecule has 0 N–H and O–H groups in total. The molecule has 1 fully saturated rings. The molecule has 1 saturated carbocycles. The van der Waals surface area contributed by atoms with E-state index in [1.165, 1.54) is 0 Å². The van der Waals surface area contributed by atoms with Crippen LogP contribution in [0.15, 0.2) is 24.3 Å². The molecule has 1 heterocycles. The fourth-order valence-electron chi connectivity index (χ4n) is 3.90. The van der Waals surface area contributed by atoms with E-state index in [9.17, 15) is 19.7 Å². The normalized spacial score (nSPS) is 21.8. The number of ether oxygens (including phenoxy) is 1. The number of aromatic nitrogens is 1. The number of fused-ring (bicyclic) bond motifs is 1. The maximum atomic E-state index is 12.3. The minimum Gasteiger partial charge on any atom is -0.459 e. The third-order valence-corrected chi connectivity index (χ3v) is 5.95. The van der Waals surface area contributed by atoms with Crippen molar-refractivity contribution in [2.45, 2.75) is 33.3 Å². The smallest absolute Gasteiger partial charge is 0.306 e. The van der Waals surface area contributed by atoms with E-state index in [1.807, 2.05) is 31.2 Å². The molecule has 0 saturated heterocycles. The first kappa shape index (κ1) is 20.2. The van der Waals surface area contributed by atoms with Crippen LogP contribution in [0.1, 0.15) is 31.0 Å². The standard InChI is InChI=1S/C20H21ClN2O5/c1-11-7-18(24)14(15(11)9-23(26)27)8-19(25)28-10-17-20(21)12(2)13-5-3-4-6-16(13)22-17/h3-6,11,14-15H,7-10H2,1-2H3/t11-,14+,15+/m1/s1. The van der Waals surface area contributed by atoms with Gasteiger partial charge in [0.1, 0.15) is 12.4 Å². The van der Waals surface area contributed by atoms with Crippen molar-refractivity contribution in [3.8, 4) is 0 Å². The van der Waals surface area contributed by atoms with Gasteiger partial charge in [0.05, 0.1) is 22.7 Å². The van der Waals surface area contributed by atoms with Gasteiger partial charge in [-0.3, -0.25) is 19.7 Å². The van der Waals surface area contributed by atoms with Crippen LogP contribution in [0.4, 0.5) is 0 Å². The Kier molecular flexibility index (Phi) is 5.93. The van der Waals surface area contributed by atoms with Crippen molar-refractivity contribution in [3.63, 3.8) is 0 Å². The Balaban J connectivity index is 1.69. The van der Waals surface area contributed by atoms with Crippen molar-refractivity contribution in [2.24, 2.45) is 17.8 Å². The minimum atomic E-state index is -0.672. The zero-order valence-electron chi connectivity index (χ0n) is 15.7. The number of nitrogens with zero attached hydrogens (tertiary/aromatic N) is 2. The quantitative estimate of drug-likeness (QED) is 0.413. The van der Waals surface area contributed by atoms with Crippen molar-refractivity contribution < 1.29 is 19.2 Å². The lowest BCUT2D eigenvalue weighted by atomic mass is 9.88. The maximum Gasteiger partial charge on any atom is 0.306 e. The molecule has 8 heteroatoms. The SMILES string of the molecule is Cc1c(Cl)c(COC(=O)C[C@@H]2C(=O)C[C@@H](C)[C@@H]2C[N+](=O)[O-])nc2ccccc12. The highest BCUT2D eigenvalue weighted by Gasteiger charge is 2.44. The minimum absolute atomic E-state index is 0.111. The highest BCUT2D eigenvalue weighted by molar-refractivity contribution is 6.32. The first-order chi connectivity index (χ1) is 13.3. The van der Waals surface area contributed by atoms with Crippen molar-refractivity contribution >= 4 is 34.3 Å². The van der Waals surface area contributed by atoms with Crippen LogP contribution < -0.4 is 0 Å². The number of pyridine rings is 1. The summed E-state index contributed by atoms with van der Waals surface area (Å²) >= 11 is 6.37. The number of aryl methyl sites for hydroxylation is 1. The monoisotopic (exact) mass is 404 g/mol. The molecule has 0 radical (unpaired) electrons. The molecule has 1 aliphatic carbocycles. The number of ketones is 1. The number of para-hydroxylation sites is 1. The van der Waals surface area contributed by atoms with Crippen LogP contribution in [-0.4, -0.2) is 28.2 Å². The van der Waals surface area contributed by atoms with E-state index in [2.05, 4.69) is 4.98 Å². The van der Waals surface area contributed by atoms with Gasteiger partial charge >= 0.3 is 5.97 Å². The van der Waals surface area contributed by atoms with E-state index in [0.717, 1.165) is 16.5 Å². The maximum absolute atomic E-state index is 12.3. The summed E-state index contributed by atoms with van der Waals surface area (Å²) in [6.07, 6.45) is 0.0968. The van der Waals surface area contributed by atoms with Gasteiger partial charge in [-0.25, -0.2) is 4.98 Å². The highest BCUT2D eigenvalue weighted by atomic mass is 35.5. The molecule has 1 aliphatic rings. The van der Waals surface area contributed by atoms with E-state index in [4.69, 9.17) is 16.3 Å². The van der Waals surface area contributed by atoms with Crippen LogP contribution in [0.5, 0.6) is 0 Å². The average molecular weight is 405 g/mol. The molecule has 0 bridgehead atoms. The Hall–Kier alpha value is -2.54. The molecule has 148 valence electrons. The summed E-state index contributed by atoms with van der Waals surface area (Å²) in [5.41, 5.74) is 2.05. The van der Waals surface area contributed by atoms with Gasteiger partial charge in [-0.05, 0) is 24.5 Å². The molecule has 3 rings (SSSR count). The number of halogens is 1. The summed E-state index contributed by atoms with van der Waals surface area (Å²) in [4.78, 5) is 39.4. The van der Waals surface area contributed by atoms with Crippen molar-refractivity contribution in [1.82, 2.24) is 4.98 Å². The lowest BCUT2D eigenvalue weighted by Crippen LogP contribution is -2.27. The molecule has 0 unspecified atom stereocenters.